The second-order valence-electron chi connectivity index (χ2n) is 9.88. The van der Waals surface area contributed by atoms with Crippen molar-refractivity contribution in [2.45, 2.75) is 52.4 Å². The van der Waals surface area contributed by atoms with Gasteiger partial charge in [-0.25, -0.2) is 0 Å². The second-order valence-corrected chi connectivity index (χ2v) is 9.88. The van der Waals surface area contributed by atoms with Gasteiger partial charge in [-0.3, -0.25) is 9.36 Å². The van der Waals surface area contributed by atoms with Crippen LogP contribution in [0.3, 0.4) is 0 Å². The lowest BCUT2D eigenvalue weighted by Gasteiger charge is -2.37. The molecule has 1 atom stereocenters. The number of phenols is 1. The van der Waals surface area contributed by atoms with E-state index in [1.165, 1.54) is 0 Å². The van der Waals surface area contributed by atoms with Gasteiger partial charge in [0.15, 0.2) is 11.4 Å². The van der Waals surface area contributed by atoms with E-state index in [9.17, 15) is 9.90 Å². The van der Waals surface area contributed by atoms with Crippen LogP contribution in [-0.4, -0.2) is 77.8 Å². The highest BCUT2D eigenvalue weighted by Crippen LogP contribution is 2.36. The SMILES string of the molecule is CC(C)OC1(c2nnc(N3CCN(c4cccc(O)c4)CC3)n2CCNC(=O)C(C)C)CCOC1. The molecular formula is C25H38N6O4. The standard InChI is InChI=1S/C25H38N6O4/c1-18(2)22(33)26-9-10-31-23(25(35-19(3)4)8-15-34-17-25)27-28-24(31)30-13-11-29(12-14-30)20-6-5-7-21(32)16-20/h5-7,16,18-19,32H,8-15,17H2,1-4H3,(H,26,33). The summed E-state index contributed by atoms with van der Waals surface area (Å²) >= 11 is 0. The molecule has 3 heterocycles. The molecule has 1 aromatic heterocycles. The molecule has 10 nitrogen and oxygen atoms in total. The number of carbonyl (C=O) groups excluding carboxylic acids is 1. The fraction of sp³-hybridized carbons (Fsp3) is 0.640. The summed E-state index contributed by atoms with van der Waals surface area (Å²) in [6.07, 6.45) is 0.726. The number of phenolic OH excluding ortho intramolecular Hbond substituents is 1. The minimum Gasteiger partial charge on any atom is -0.508 e. The predicted octanol–water partition coefficient (Wildman–Crippen LogP) is 2.12. The maximum absolute atomic E-state index is 12.2. The number of anilines is 2. The van der Waals surface area contributed by atoms with Gasteiger partial charge < -0.3 is 29.7 Å². The molecule has 1 unspecified atom stereocenters. The quantitative estimate of drug-likeness (QED) is 0.555. The van der Waals surface area contributed by atoms with Crippen molar-refractivity contribution >= 4 is 17.5 Å². The first-order valence-electron chi connectivity index (χ1n) is 12.5. The second kappa shape index (κ2) is 10.8. The van der Waals surface area contributed by atoms with Crippen molar-refractivity contribution in [3.8, 4) is 5.75 Å². The van der Waals surface area contributed by atoms with Gasteiger partial charge in [-0.1, -0.05) is 19.9 Å². The lowest BCUT2D eigenvalue weighted by atomic mass is 10.0. The molecule has 2 aliphatic heterocycles. The first kappa shape index (κ1) is 25.2. The molecule has 0 radical (unpaired) electrons. The van der Waals surface area contributed by atoms with Gasteiger partial charge in [0.25, 0.3) is 0 Å². The van der Waals surface area contributed by atoms with E-state index >= 15 is 0 Å². The lowest BCUT2D eigenvalue weighted by molar-refractivity contribution is -0.124. The van der Waals surface area contributed by atoms with Gasteiger partial charge in [0.2, 0.25) is 11.9 Å². The molecule has 1 amide bonds. The van der Waals surface area contributed by atoms with Gasteiger partial charge in [0.1, 0.15) is 5.75 Å². The van der Waals surface area contributed by atoms with E-state index in [1.54, 1.807) is 12.1 Å². The van der Waals surface area contributed by atoms with Crippen LogP contribution in [0, 0.1) is 5.92 Å². The molecule has 2 aliphatic rings. The highest BCUT2D eigenvalue weighted by Gasteiger charge is 2.44. The van der Waals surface area contributed by atoms with E-state index in [2.05, 4.69) is 29.9 Å². The molecule has 0 saturated carbocycles. The van der Waals surface area contributed by atoms with Crippen molar-refractivity contribution in [3.63, 3.8) is 0 Å². The Morgan fingerprint density at radius 2 is 1.91 bits per heavy atom. The van der Waals surface area contributed by atoms with Gasteiger partial charge in [-0.05, 0) is 26.0 Å². The number of benzene rings is 1. The summed E-state index contributed by atoms with van der Waals surface area (Å²) < 4.78 is 14.2. The molecule has 0 aliphatic carbocycles. The van der Waals surface area contributed by atoms with Crippen molar-refractivity contribution in [2.75, 3.05) is 55.7 Å². The van der Waals surface area contributed by atoms with Crippen LogP contribution in [0.2, 0.25) is 0 Å². The maximum atomic E-state index is 12.2. The number of ether oxygens (including phenoxy) is 2. The van der Waals surface area contributed by atoms with E-state index in [0.717, 1.165) is 43.6 Å². The number of hydrogen-bond acceptors (Lipinski definition) is 8. The van der Waals surface area contributed by atoms with E-state index in [0.29, 0.717) is 32.7 Å². The maximum Gasteiger partial charge on any atom is 0.227 e. The summed E-state index contributed by atoms with van der Waals surface area (Å²) in [5.74, 6) is 1.77. The predicted molar refractivity (Wildman–Crippen MR) is 134 cm³/mol. The number of rotatable bonds is 9. The first-order valence-corrected chi connectivity index (χ1v) is 12.5. The number of hydrogen-bond donors (Lipinski definition) is 2. The van der Waals surface area contributed by atoms with Gasteiger partial charge >= 0.3 is 0 Å². The van der Waals surface area contributed by atoms with Gasteiger partial charge in [0.05, 0.1) is 19.3 Å². The van der Waals surface area contributed by atoms with Gasteiger partial charge in [0, 0.05) is 63.4 Å². The summed E-state index contributed by atoms with van der Waals surface area (Å²) in [7, 11) is 0. The molecule has 35 heavy (non-hydrogen) atoms. The normalized spacial score (nSPS) is 20.7. The molecule has 4 rings (SSSR count). The number of aromatic hydroxyl groups is 1. The third kappa shape index (κ3) is 5.70. The zero-order chi connectivity index (χ0) is 25.0. The van der Waals surface area contributed by atoms with Crippen LogP contribution < -0.4 is 15.1 Å². The third-order valence-electron chi connectivity index (χ3n) is 6.50. The largest absolute Gasteiger partial charge is 0.508 e. The summed E-state index contributed by atoms with van der Waals surface area (Å²) in [5, 5.41) is 22.1. The Hall–Kier alpha value is -2.85. The minimum atomic E-state index is -0.648. The van der Waals surface area contributed by atoms with Crippen LogP contribution in [-0.2, 0) is 26.4 Å². The Balaban J connectivity index is 1.56. The third-order valence-corrected chi connectivity index (χ3v) is 6.50. The molecule has 2 saturated heterocycles. The van der Waals surface area contributed by atoms with Crippen LogP contribution in [0.5, 0.6) is 5.75 Å². The molecule has 2 aromatic rings. The number of piperazine rings is 1. The smallest absolute Gasteiger partial charge is 0.227 e. The Bertz CT molecular complexity index is 994. The van der Waals surface area contributed by atoms with Crippen LogP contribution in [0.4, 0.5) is 11.6 Å². The van der Waals surface area contributed by atoms with E-state index in [-0.39, 0.29) is 23.7 Å². The topological polar surface area (TPSA) is 105 Å². The molecule has 10 heteroatoms. The van der Waals surface area contributed by atoms with Crippen molar-refractivity contribution in [3.05, 3.63) is 30.1 Å². The van der Waals surface area contributed by atoms with Gasteiger partial charge in [-0.15, -0.1) is 10.2 Å². The molecule has 192 valence electrons. The van der Waals surface area contributed by atoms with E-state index in [4.69, 9.17) is 9.47 Å². The minimum absolute atomic E-state index is 0.0109. The summed E-state index contributed by atoms with van der Waals surface area (Å²) in [6.45, 7) is 13.0. The molecule has 0 bridgehead atoms. The first-order chi connectivity index (χ1) is 16.8. The number of nitrogens with one attached hydrogen (secondary N) is 1. The van der Waals surface area contributed by atoms with Crippen LogP contribution in [0.15, 0.2) is 24.3 Å². The molecule has 2 fully saturated rings. The fourth-order valence-electron chi connectivity index (χ4n) is 4.74. The van der Waals surface area contributed by atoms with E-state index < -0.39 is 5.60 Å². The number of aromatic nitrogens is 3. The highest BCUT2D eigenvalue weighted by molar-refractivity contribution is 5.77. The van der Waals surface area contributed by atoms with Gasteiger partial charge in [-0.2, -0.15) is 0 Å². The highest BCUT2D eigenvalue weighted by atomic mass is 16.6. The molecule has 0 spiro atoms. The zero-order valence-corrected chi connectivity index (χ0v) is 21.2. The number of amides is 1. The fourth-order valence-corrected chi connectivity index (χ4v) is 4.74. The van der Waals surface area contributed by atoms with Crippen LogP contribution in [0.25, 0.3) is 0 Å². The molecule has 2 N–H and O–H groups in total. The number of carbonyl (C=O) groups is 1. The van der Waals surface area contributed by atoms with E-state index in [1.807, 2.05) is 39.8 Å². The number of nitrogens with zero attached hydrogens (tertiary/aromatic N) is 5. The van der Waals surface area contributed by atoms with Crippen molar-refractivity contribution in [1.82, 2.24) is 20.1 Å². The van der Waals surface area contributed by atoms with Crippen molar-refractivity contribution in [2.24, 2.45) is 5.92 Å². The molecular weight excluding hydrogens is 448 g/mol. The Labute approximate surface area is 207 Å². The average Bonchev–Trinajstić information content (AvgIpc) is 3.46. The molecule has 1 aromatic carbocycles. The van der Waals surface area contributed by atoms with Crippen LogP contribution >= 0.6 is 0 Å². The Morgan fingerprint density at radius 3 is 2.54 bits per heavy atom. The Morgan fingerprint density at radius 1 is 1.17 bits per heavy atom. The Kier molecular flexibility index (Phi) is 7.81. The monoisotopic (exact) mass is 486 g/mol. The average molecular weight is 487 g/mol. The van der Waals surface area contributed by atoms with Crippen LogP contribution in [0.1, 0.15) is 39.9 Å². The summed E-state index contributed by atoms with van der Waals surface area (Å²) in [5.41, 5.74) is 0.362. The summed E-state index contributed by atoms with van der Waals surface area (Å²) in [6, 6.07) is 7.36. The zero-order valence-electron chi connectivity index (χ0n) is 21.2. The lowest BCUT2D eigenvalue weighted by Crippen LogP contribution is -2.48. The summed E-state index contributed by atoms with van der Waals surface area (Å²) in [4.78, 5) is 16.7. The van der Waals surface area contributed by atoms with Crippen molar-refractivity contribution in [1.29, 1.82) is 0 Å². The van der Waals surface area contributed by atoms with Crippen molar-refractivity contribution < 1.29 is 19.4 Å².